The molecular formula is C17H16N4O2S. The lowest BCUT2D eigenvalue weighted by Crippen LogP contribution is -2.18. The maximum atomic E-state index is 12.6. The second kappa shape index (κ2) is 5.76. The molecule has 24 heavy (non-hydrogen) atoms. The van der Waals surface area contributed by atoms with Crippen molar-refractivity contribution in [3.05, 3.63) is 46.1 Å². The van der Waals surface area contributed by atoms with Gasteiger partial charge in [-0.15, -0.1) is 11.3 Å². The molecule has 7 heteroatoms. The molecule has 1 aromatic carbocycles. The summed E-state index contributed by atoms with van der Waals surface area (Å²) in [6, 6.07) is 5.25. The van der Waals surface area contributed by atoms with Crippen molar-refractivity contribution >= 4 is 39.2 Å². The minimum absolute atomic E-state index is 0.257. The lowest BCUT2D eigenvalue weighted by Gasteiger charge is -2.11. The van der Waals surface area contributed by atoms with Crippen molar-refractivity contribution < 1.29 is 9.59 Å². The van der Waals surface area contributed by atoms with Crippen LogP contribution in [0.2, 0.25) is 0 Å². The van der Waals surface area contributed by atoms with Crippen molar-refractivity contribution in [2.75, 3.05) is 5.32 Å². The molecule has 0 saturated carbocycles. The highest BCUT2D eigenvalue weighted by atomic mass is 32.1. The SMILES string of the molecule is NC(=O)c1c(NC(=O)c2ccc3nc[nH]c3c2)sc2c1CCCC2. The molecule has 4 N–H and O–H groups in total. The number of aryl methyl sites for hydroxylation is 1. The van der Waals surface area contributed by atoms with E-state index >= 15 is 0 Å². The van der Waals surface area contributed by atoms with Gasteiger partial charge in [-0.25, -0.2) is 4.98 Å². The van der Waals surface area contributed by atoms with Crippen molar-refractivity contribution in [1.82, 2.24) is 9.97 Å². The molecule has 0 unspecified atom stereocenters. The Balaban J connectivity index is 1.68. The van der Waals surface area contributed by atoms with E-state index in [-0.39, 0.29) is 5.91 Å². The number of primary amides is 1. The van der Waals surface area contributed by atoms with Crippen LogP contribution in [-0.2, 0) is 12.8 Å². The highest BCUT2D eigenvalue weighted by Gasteiger charge is 2.25. The van der Waals surface area contributed by atoms with Crippen LogP contribution < -0.4 is 11.1 Å². The number of nitrogens with two attached hydrogens (primary N) is 1. The van der Waals surface area contributed by atoms with Crippen LogP contribution in [0, 0.1) is 0 Å². The van der Waals surface area contributed by atoms with E-state index in [1.807, 2.05) is 0 Å². The minimum Gasteiger partial charge on any atom is -0.365 e. The largest absolute Gasteiger partial charge is 0.365 e. The highest BCUT2D eigenvalue weighted by molar-refractivity contribution is 7.17. The summed E-state index contributed by atoms with van der Waals surface area (Å²) in [5.74, 6) is -0.735. The maximum Gasteiger partial charge on any atom is 0.256 e. The zero-order chi connectivity index (χ0) is 16.7. The van der Waals surface area contributed by atoms with Crippen molar-refractivity contribution in [3.8, 4) is 0 Å². The molecule has 0 saturated heterocycles. The third-order valence-corrected chi connectivity index (χ3v) is 5.53. The summed E-state index contributed by atoms with van der Waals surface area (Å²) in [4.78, 5) is 32.7. The first-order valence-electron chi connectivity index (χ1n) is 7.82. The number of hydrogen-bond acceptors (Lipinski definition) is 4. The standard InChI is InChI=1S/C17H16N4O2S/c18-15(22)14-10-3-1-2-4-13(10)24-17(14)21-16(23)9-5-6-11-12(7-9)20-8-19-11/h5-8H,1-4H2,(H2,18,22)(H,19,20)(H,21,23). The number of imidazole rings is 1. The third kappa shape index (κ3) is 2.46. The Morgan fingerprint density at radius 3 is 2.92 bits per heavy atom. The van der Waals surface area contributed by atoms with Gasteiger partial charge in [0.2, 0.25) is 0 Å². The molecule has 1 aliphatic carbocycles. The van der Waals surface area contributed by atoms with E-state index in [9.17, 15) is 9.59 Å². The van der Waals surface area contributed by atoms with Gasteiger partial charge in [-0.3, -0.25) is 9.59 Å². The van der Waals surface area contributed by atoms with Gasteiger partial charge in [0.05, 0.1) is 22.9 Å². The average molecular weight is 340 g/mol. The fourth-order valence-electron chi connectivity index (χ4n) is 3.17. The molecule has 0 aliphatic heterocycles. The van der Waals surface area contributed by atoms with E-state index in [4.69, 9.17) is 5.73 Å². The quantitative estimate of drug-likeness (QED) is 0.683. The number of thiophene rings is 1. The first kappa shape index (κ1) is 14.9. The van der Waals surface area contributed by atoms with Crippen molar-refractivity contribution in [2.24, 2.45) is 5.73 Å². The van der Waals surface area contributed by atoms with Crippen LogP contribution in [0.1, 0.15) is 44.0 Å². The van der Waals surface area contributed by atoms with E-state index in [2.05, 4.69) is 15.3 Å². The van der Waals surface area contributed by atoms with Gasteiger partial charge < -0.3 is 16.0 Å². The number of nitrogens with zero attached hydrogens (tertiary/aromatic N) is 1. The smallest absolute Gasteiger partial charge is 0.256 e. The molecule has 2 heterocycles. The Morgan fingerprint density at radius 1 is 1.25 bits per heavy atom. The van der Waals surface area contributed by atoms with Gasteiger partial charge in [0.1, 0.15) is 5.00 Å². The van der Waals surface area contributed by atoms with E-state index in [1.165, 1.54) is 11.3 Å². The van der Waals surface area contributed by atoms with Gasteiger partial charge in [0.25, 0.3) is 11.8 Å². The predicted octanol–water partition coefficient (Wildman–Crippen LogP) is 2.85. The van der Waals surface area contributed by atoms with E-state index in [0.29, 0.717) is 16.1 Å². The number of carbonyl (C=O) groups is 2. The zero-order valence-corrected chi connectivity index (χ0v) is 13.7. The Bertz CT molecular complexity index is 957. The minimum atomic E-state index is -0.478. The molecule has 0 bridgehead atoms. The van der Waals surface area contributed by atoms with Gasteiger partial charge in [0, 0.05) is 10.4 Å². The predicted molar refractivity (Wildman–Crippen MR) is 93.5 cm³/mol. The van der Waals surface area contributed by atoms with E-state index in [1.54, 1.807) is 24.5 Å². The molecule has 3 aromatic rings. The lowest BCUT2D eigenvalue weighted by atomic mass is 9.95. The van der Waals surface area contributed by atoms with Crippen LogP contribution in [0.15, 0.2) is 24.5 Å². The summed E-state index contributed by atoms with van der Waals surface area (Å²) in [5, 5.41) is 3.43. The number of anilines is 1. The van der Waals surface area contributed by atoms with Crippen LogP contribution >= 0.6 is 11.3 Å². The first-order valence-corrected chi connectivity index (χ1v) is 8.64. The molecule has 0 atom stereocenters. The number of aromatic nitrogens is 2. The molecule has 6 nitrogen and oxygen atoms in total. The summed E-state index contributed by atoms with van der Waals surface area (Å²) < 4.78 is 0. The third-order valence-electron chi connectivity index (χ3n) is 4.33. The second-order valence-electron chi connectivity index (χ2n) is 5.87. The maximum absolute atomic E-state index is 12.6. The normalized spacial score (nSPS) is 13.7. The van der Waals surface area contributed by atoms with Gasteiger partial charge >= 0.3 is 0 Å². The van der Waals surface area contributed by atoms with Crippen molar-refractivity contribution in [3.63, 3.8) is 0 Å². The van der Waals surface area contributed by atoms with E-state index in [0.717, 1.165) is 47.2 Å². The number of benzene rings is 1. The number of nitrogens with one attached hydrogen (secondary N) is 2. The molecule has 0 radical (unpaired) electrons. The number of fused-ring (bicyclic) bond motifs is 2. The summed E-state index contributed by atoms with van der Waals surface area (Å²) in [6.45, 7) is 0. The molecule has 2 amide bonds. The molecule has 122 valence electrons. The van der Waals surface area contributed by atoms with Gasteiger partial charge in [-0.2, -0.15) is 0 Å². The number of hydrogen-bond donors (Lipinski definition) is 3. The number of aromatic amines is 1. The van der Waals surface area contributed by atoms with Gasteiger partial charge in [-0.1, -0.05) is 0 Å². The summed E-state index contributed by atoms with van der Waals surface area (Å²) in [6.07, 6.45) is 5.53. The molecule has 2 aromatic heterocycles. The Hall–Kier alpha value is -2.67. The highest BCUT2D eigenvalue weighted by Crippen LogP contribution is 2.38. The second-order valence-corrected chi connectivity index (χ2v) is 6.97. The van der Waals surface area contributed by atoms with Gasteiger partial charge in [-0.05, 0) is 49.4 Å². The first-order chi connectivity index (χ1) is 11.6. The summed E-state index contributed by atoms with van der Waals surface area (Å²) >= 11 is 1.47. The van der Waals surface area contributed by atoms with Crippen LogP contribution in [0.5, 0.6) is 0 Å². The monoisotopic (exact) mass is 340 g/mol. The lowest BCUT2D eigenvalue weighted by molar-refractivity contribution is 0.100. The van der Waals surface area contributed by atoms with Crippen LogP contribution in [0.4, 0.5) is 5.00 Å². The van der Waals surface area contributed by atoms with Crippen LogP contribution in [-0.4, -0.2) is 21.8 Å². The topological polar surface area (TPSA) is 101 Å². The van der Waals surface area contributed by atoms with E-state index < -0.39 is 5.91 Å². The Morgan fingerprint density at radius 2 is 2.08 bits per heavy atom. The molecule has 0 spiro atoms. The number of carbonyl (C=O) groups excluding carboxylic acids is 2. The number of amides is 2. The Labute approximate surface area is 142 Å². The molecular weight excluding hydrogens is 324 g/mol. The van der Waals surface area contributed by atoms with Crippen LogP contribution in [0.3, 0.4) is 0 Å². The fourth-order valence-corrected chi connectivity index (χ4v) is 4.46. The number of H-pyrrole nitrogens is 1. The molecule has 1 aliphatic rings. The number of rotatable bonds is 3. The van der Waals surface area contributed by atoms with Crippen molar-refractivity contribution in [2.45, 2.75) is 25.7 Å². The fraction of sp³-hybridized carbons (Fsp3) is 0.235. The molecule has 4 rings (SSSR count). The Kier molecular flexibility index (Phi) is 3.57. The van der Waals surface area contributed by atoms with Crippen LogP contribution in [0.25, 0.3) is 11.0 Å². The zero-order valence-electron chi connectivity index (χ0n) is 12.9. The molecule has 0 fully saturated rings. The summed E-state index contributed by atoms with van der Waals surface area (Å²) in [5.41, 5.74) is 9.16. The van der Waals surface area contributed by atoms with Gasteiger partial charge in [0.15, 0.2) is 0 Å². The van der Waals surface area contributed by atoms with Crippen molar-refractivity contribution in [1.29, 1.82) is 0 Å². The summed E-state index contributed by atoms with van der Waals surface area (Å²) in [7, 11) is 0. The average Bonchev–Trinajstić information content (AvgIpc) is 3.17.